The van der Waals surface area contributed by atoms with E-state index < -0.39 is 6.09 Å². The largest absolute Gasteiger partial charge is 0.453 e. The number of halogens is 1. The van der Waals surface area contributed by atoms with E-state index in [0.29, 0.717) is 35.8 Å². The van der Waals surface area contributed by atoms with Crippen molar-refractivity contribution in [2.75, 3.05) is 24.7 Å². The van der Waals surface area contributed by atoms with Gasteiger partial charge in [-0.05, 0) is 36.2 Å². The molecule has 1 aliphatic heterocycles. The molecule has 0 saturated carbocycles. The highest BCUT2D eigenvalue weighted by Crippen LogP contribution is 2.37. The molecule has 1 N–H and O–H groups in total. The number of hydrogen-bond acceptors (Lipinski definition) is 6. The van der Waals surface area contributed by atoms with Crippen LogP contribution in [0.15, 0.2) is 29.2 Å². The van der Waals surface area contributed by atoms with Crippen LogP contribution in [0.1, 0.15) is 22.4 Å². The number of thioether (sulfide) groups is 1. The van der Waals surface area contributed by atoms with Gasteiger partial charge >= 0.3 is 6.09 Å². The lowest BCUT2D eigenvalue weighted by Gasteiger charge is -2.25. The number of fused-ring (bicyclic) bond motifs is 1. The Morgan fingerprint density at radius 3 is 2.82 bits per heavy atom. The van der Waals surface area contributed by atoms with Crippen molar-refractivity contribution < 1.29 is 18.7 Å². The molecule has 28 heavy (non-hydrogen) atoms. The summed E-state index contributed by atoms with van der Waals surface area (Å²) in [5.74, 6) is 0.0636. The SMILES string of the molecule is COC(=O)N1CCc2c(sc(NC(=O)CCSc3ccc(F)cc3)c2C#N)C1. The zero-order chi connectivity index (χ0) is 20.1. The summed E-state index contributed by atoms with van der Waals surface area (Å²) in [5.41, 5.74) is 1.37. The number of carbonyl (C=O) groups excluding carboxylic acids is 2. The highest BCUT2D eigenvalue weighted by atomic mass is 32.2. The molecule has 0 unspecified atom stereocenters. The van der Waals surface area contributed by atoms with Gasteiger partial charge in [0.2, 0.25) is 5.91 Å². The minimum Gasteiger partial charge on any atom is -0.453 e. The van der Waals surface area contributed by atoms with E-state index in [4.69, 9.17) is 4.74 Å². The van der Waals surface area contributed by atoms with E-state index in [0.717, 1.165) is 15.3 Å². The summed E-state index contributed by atoms with van der Waals surface area (Å²) in [4.78, 5) is 27.4. The van der Waals surface area contributed by atoms with Crippen molar-refractivity contribution in [2.45, 2.75) is 24.3 Å². The molecule has 1 aromatic carbocycles. The van der Waals surface area contributed by atoms with Crippen molar-refractivity contribution in [1.82, 2.24) is 4.90 Å². The lowest BCUT2D eigenvalue weighted by atomic mass is 10.0. The van der Waals surface area contributed by atoms with Crippen molar-refractivity contribution >= 4 is 40.1 Å². The predicted molar refractivity (Wildman–Crippen MR) is 106 cm³/mol. The molecule has 146 valence electrons. The molecule has 0 spiro atoms. The number of nitrogens with one attached hydrogen (secondary N) is 1. The Balaban J connectivity index is 1.60. The van der Waals surface area contributed by atoms with Gasteiger partial charge in [-0.1, -0.05) is 0 Å². The molecule has 0 fully saturated rings. The number of methoxy groups -OCH3 is 1. The molecule has 0 radical (unpaired) electrons. The molecule has 9 heteroatoms. The van der Waals surface area contributed by atoms with Gasteiger partial charge in [0, 0.05) is 28.5 Å². The molecule has 1 aliphatic rings. The van der Waals surface area contributed by atoms with Crippen LogP contribution in [0.2, 0.25) is 0 Å². The van der Waals surface area contributed by atoms with Gasteiger partial charge in [0.1, 0.15) is 16.9 Å². The number of anilines is 1. The second kappa shape index (κ2) is 9.08. The molecule has 2 amide bonds. The van der Waals surface area contributed by atoms with Crippen LogP contribution in [0.4, 0.5) is 14.2 Å². The third-order valence-corrected chi connectivity index (χ3v) is 6.41. The van der Waals surface area contributed by atoms with Crippen LogP contribution < -0.4 is 5.32 Å². The Bertz CT molecular complexity index is 922. The Hall–Kier alpha value is -2.57. The molecular weight excluding hydrogens is 401 g/mol. The summed E-state index contributed by atoms with van der Waals surface area (Å²) in [6, 6.07) is 8.29. The molecule has 3 rings (SSSR count). The van der Waals surface area contributed by atoms with Gasteiger partial charge in [-0.25, -0.2) is 9.18 Å². The van der Waals surface area contributed by atoms with Crippen LogP contribution in [0.5, 0.6) is 0 Å². The van der Waals surface area contributed by atoms with Crippen LogP contribution in [0.25, 0.3) is 0 Å². The summed E-state index contributed by atoms with van der Waals surface area (Å²) in [7, 11) is 1.34. The average molecular weight is 420 g/mol. The number of rotatable bonds is 5. The van der Waals surface area contributed by atoms with Crippen molar-refractivity contribution in [3.63, 3.8) is 0 Å². The number of nitrogens with zero attached hydrogens (tertiary/aromatic N) is 2. The number of nitriles is 1. The minimum atomic E-state index is -0.402. The maximum Gasteiger partial charge on any atom is 0.409 e. The monoisotopic (exact) mass is 419 g/mol. The lowest BCUT2D eigenvalue weighted by Crippen LogP contribution is -2.35. The van der Waals surface area contributed by atoms with E-state index in [1.165, 1.54) is 42.3 Å². The normalized spacial score (nSPS) is 12.8. The molecule has 0 atom stereocenters. The van der Waals surface area contributed by atoms with E-state index in [9.17, 15) is 19.2 Å². The standard InChI is InChI=1S/C19H18FN3O3S2/c1-26-19(25)23-8-6-14-15(10-21)18(28-16(14)11-23)22-17(24)7-9-27-13-4-2-12(20)3-5-13/h2-5H,6-9,11H2,1H3,(H,22,24). The van der Waals surface area contributed by atoms with E-state index >= 15 is 0 Å². The molecular formula is C19H18FN3O3S2. The second-order valence-electron chi connectivity index (χ2n) is 6.06. The van der Waals surface area contributed by atoms with Crippen molar-refractivity contribution in [1.29, 1.82) is 5.26 Å². The topological polar surface area (TPSA) is 82.4 Å². The quantitative estimate of drug-likeness (QED) is 0.741. The first kappa shape index (κ1) is 20.2. The van der Waals surface area contributed by atoms with E-state index in [2.05, 4.69) is 11.4 Å². The average Bonchev–Trinajstić information content (AvgIpc) is 3.04. The summed E-state index contributed by atoms with van der Waals surface area (Å²) in [5, 5.41) is 12.9. The molecule has 2 aromatic rings. The minimum absolute atomic E-state index is 0.186. The van der Waals surface area contributed by atoms with Crippen LogP contribution in [0, 0.1) is 17.1 Å². The fourth-order valence-electron chi connectivity index (χ4n) is 2.88. The Labute approximate surface area is 170 Å². The Morgan fingerprint density at radius 1 is 1.39 bits per heavy atom. The summed E-state index contributed by atoms with van der Waals surface area (Å²) >= 11 is 2.79. The molecule has 1 aromatic heterocycles. The van der Waals surface area contributed by atoms with E-state index in [-0.39, 0.29) is 18.1 Å². The molecule has 0 aliphatic carbocycles. The lowest BCUT2D eigenvalue weighted by molar-refractivity contribution is -0.115. The van der Waals surface area contributed by atoms with Gasteiger partial charge in [0.25, 0.3) is 0 Å². The van der Waals surface area contributed by atoms with Crippen LogP contribution >= 0.6 is 23.1 Å². The van der Waals surface area contributed by atoms with Gasteiger partial charge in [-0.15, -0.1) is 23.1 Å². The first-order valence-corrected chi connectivity index (χ1v) is 10.4. The smallest absolute Gasteiger partial charge is 0.409 e. The molecule has 6 nitrogen and oxygen atoms in total. The Kier molecular flexibility index (Phi) is 6.54. The van der Waals surface area contributed by atoms with Gasteiger partial charge in [-0.2, -0.15) is 5.26 Å². The van der Waals surface area contributed by atoms with Crippen molar-refractivity contribution in [3.05, 3.63) is 46.1 Å². The summed E-state index contributed by atoms with van der Waals surface area (Å²) < 4.78 is 17.7. The summed E-state index contributed by atoms with van der Waals surface area (Å²) in [6.45, 7) is 0.852. The first-order chi connectivity index (χ1) is 13.5. The maximum absolute atomic E-state index is 12.9. The Morgan fingerprint density at radius 2 is 2.14 bits per heavy atom. The van der Waals surface area contributed by atoms with Gasteiger partial charge in [-0.3, -0.25) is 4.79 Å². The molecule has 0 saturated heterocycles. The zero-order valence-corrected chi connectivity index (χ0v) is 16.8. The highest BCUT2D eigenvalue weighted by Gasteiger charge is 2.27. The predicted octanol–water partition coefficient (Wildman–Crippen LogP) is 4.00. The van der Waals surface area contributed by atoms with Crippen molar-refractivity contribution in [2.24, 2.45) is 0 Å². The fraction of sp³-hybridized carbons (Fsp3) is 0.316. The summed E-state index contributed by atoms with van der Waals surface area (Å²) in [6.07, 6.45) is 0.421. The number of carbonyl (C=O) groups is 2. The van der Waals surface area contributed by atoms with Crippen molar-refractivity contribution in [3.8, 4) is 6.07 Å². The van der Waals surface area contributed by atoms with E-state index in [1.54, 1.807) is 17.0 Å². The molecule has 2 heterocycles. The van der Waals surface area contributed by atoms with Crippen LogP contribution in [-0.2, 0) is 22.5 Å². The first-order valence-electron chi connectivity index (χ1n) is 8.57. The van der Waals surface area contributed by atoms with E-state index in [1.807, 2.05) is 0 Å². The maximum atomic E-state index is 12.9. The number of thiophene rings is 1. The van der Waals surface area contributed by atoms with Gasteiger partial charge in [0.05, 0.1) is 19.2 Å². The van der Waals surface area contributed by atoms with Gasteiger partial charge < -0.3 is 15.0 Å². The number of amides is 2. The van der Waals surface area contributed by atoms with Gasteiger partial charge in [0.15, 0.2) is 0 Å². The van der Waals surface area contributed by atoms with Crippen LogP contribution in [-0.4, -0.2) is 36.3 Å². The van der Waals surface area contributed by atoms with Crippen LogP contribution in [0.3, 0.4) is 0 Å². The fourth-order valence-corrected chi connectivity index (χ4v) is 4.96. The second-order valence-corrected chi connectivity index (χ2v) is 8.34. The number of ether oxygens (including phenoxy) is 1. The third kappa shape index (κ3) is 4.64. The number of hydrogen-bond donors (Lipinski definition) is 1. The zero-order valence-electron chi connectivity index (χ0n) is 15.2. The highest BCUT2D eigenvalue weighted by molar-refractivity contribution is 7.99. The third-order valence-electron chi connectivity index (χ3n) is 4.27. The molecule has 0 bridgehead atoms. The number of benzene rings is 1.